The molecule has 0 spiro atoms. The largest absolute Gasteiger partial charge is 0.376 e. The van der Waals surface area contributed by atoms with Gasteiger partial charge in [0.1, 0.15) is 0 Å². The van der Waals surface area contributed by atoms with Crippen molar-refractivity contribution >= 4 is 11.6 Å². The van der Waals surface area contributed by atoms with Gasteiger partial charge >= 0.3 is 0 Å². The second-order valence-electron chi connectivity index (χ2n) is 9.26. The third kappa shape index (κ3) is 6.48. The lowest BCUT2D eigenvalue weighted by atomic mass is 9.96. The van der Waals surface area contributed by atoms with Gasteiger partial charge in [-0.2, -0.15) is 0 Å². The molecular weight excluding hydrogens is 420 g/mol. The van der Waals surface area contributed by atoms with Crippen LogP contribution in [0.2, 0.25) is 0 Å². The average molecular weight is 456 g/mol. The normalized spacial score (nSPS) is 15.7. The van der Waals surface area contributed by atoms with E-state index >= 15 is 0 Å². The first kappa shape index (κ1) is 24.0. The highest BCUT2D eigenvalue weighted by Gasteiger charge is 2.26. The van der Waals surface area contributed by atoms with Crippen molar-refractivity contribution in [3.8, 4) is 11.1 Å². The molecule has 0 bridgehead atoms. The highest BCUT2D eigenvalue weighted by molar-refractivity contribution is 5.79. The number of benzene rings is 3. The second kappa shape index (κ2) is 11.8. The van der Waals surface area contributed by atoms with Gasteiger partial charge in [0, 0.05) is 44.4 Å². The predicted octanol–water partition coefficient (Wildman–Crippen LogP) is 5.70. The summed E-state index contributed by atoms with van der Waals surface area (Å²) in [5, 5.41) is 0. The standard InChI is InChI=1S/C30H35N2O2/c1-24(22-34-23-26-9-5-3-6-10-26)21-25(2)30(33)32-19-17-31(18-20-32)29-15-13-28(14-16-29)27-11-7-4-8-12-27/h3-16,24-25H,2,17-23H2,1H3/t24?,25-/m0/s1. The lowest BCUT2D eigenvalue weighted by Gasteiger charge is -2.37. The van der Waals surface area contributed by atoms with Gasteiger partial charge in [0.15, 0.2) is 0 Å². The van der Waals surface area contributed by atoms with Crippen molar-refractivity contribution in [3.63, 3.8) is 0 Å². The van der Waals surface area contributed by atoms with Crippen LogP contribution < -0.4 is 4.90 Å². The van der Waals surface area contributed by atoms with Crippen molar-refractivity contribution < 1.29 is 9.53 Å². The Balaban J connectivity index is 1.20. The van der Waals surface area contributed by atoms with E-state index in [1.54, 1.807) is 0 Å². The molecule has 4 heteroatoms. The van der Waals surface area contributed by atoms with Crippen LogP contribution in [-0.4, -0.2) is 43.6 Å². The lowest BCUT2D eigenvalue weighted by Crippen LogP contribution is -2.50. The van der Waals surface area contributed by atoms with E-state index in [-0.39, 0.29) is 11.8 Å². The van der Waals surface area contributed by atoms with Crippen LogP contribution in [0, 0.1) is 18.8 Å². The van der Waals surface area contributed by atoms with Crippen molar-refractivity contribution in [2.75, 3.05) is 37.7 Å². The van der Waals surface area contributed by atoms with Gasteiger partial charge in [-0.1, -0.05) is 79.7 Å². The number of rotatable bonds is 9. The predicted molar refractivity (Wildman–Crippen MR) is 139 cm³/mol. The zero-order chi connectivity index (χ0) is 23.8. The van der Waals surface area contributed by atoms with Gasteiger partial charge in [-0.05, 0) is 48.1 Å². The molecule has 1 fully saturated rings. The van der Waals surface area contributed by atoms with Crippen LogP contribution >= 0.6 is 0 Å². The molecule has 0 aliphatic carbocycles. The Kier molecular flexibility index (Phi) is 8.37. The molecular formula is C30H35N2O2. The molecule has 0 N–H and O–H groups in total. The van der Waals surface area contributed by atoms with Gasteiger partial charge < -0.3 is 14.5 Å². The Morgan fingerprint density at radius 2 is 1.44 bits per heavy atom. The topological polar surface area (TPSA) is 32.8 Å². The minimum absolute atomic E-state index is 0.161. The van der Waals surface area contributed by atoms with Crippen LogP contribution in [0.4, 0.5) is 5.69 Å². The van der Waals surface area contributed by atoms with E-state index < -0.39 is 0 Å². The summed E-state index contributed by atoms with van der Waals surface area (Å²) >= 11 is 0. The van der Waals surface area contributed by atoms with E-state index in [2.05, 4.69) is 79.4 Å². The van der Waals surface area contributed by atoms with Crippen LogP contribution in [0.15, 0.2) is 84.9 Å². The van der Waals surface area contributed by atoms with Gasteiger partial charge in [-0.25, -0.2) is 0 Å². The summed E-state index contributed by atoms with van der Waals surface area (Å²) in [4.78, 5) is 17.3. The average Bonchev–Trinajstić information content (AvgIpc) is 2.89. The highest BCUT2D eigenvalue weighted by Crippen LogP contribution is 2.24. The van der Waals surface area contributed by atoms with E-state index in [1.807, 2.05) is 29.2 Å². The minimum atomic E-state index is -0.230. The van der Waals surface area contributed by atoms with Gasteiger partial charge in [0.2, 0.25) is 5.91 Å². The summed E-state index contributed by atoms with van der Waals surface area (Å²) in [5.41, 5.74) is 4.83. The zero-order valence-corrected chi connectivity index (χ0v) is 20.1. The summed E-state index contributed by atoms with van der Waals surface area (Å²) < 4.78 is 5.85. The third-order valence-electron chi connectivity index (χ3n) is 6.48. The molecule has 1 amide bonds. The summed E-state index contributed by atoms with van der Waals surface area (Å²) in [6.07, 6.45) is 0.745. The molecule has 2 atom stereocenters. The first-order valence-corrected chi connectivity index (χ1v) is 12.2. The Bertz CT molecular complexity index is 1010. The fourth-order valence-electron chi connectivity index (χ4n) is 4.55. The number of anilines is 1. The Labute approximate surface area is 204 Å². The molecule has 3 aromatic rings. The molecule has 34 heavy (non-hydrogen) atoms. The number of hydrogen-bond donors (Lipinski definition) is 0. The van der Waals surface area contributed by atoms with E-state index in [0.29, 0.717) is 19.1 Å². The summed E-state index contributed by atoms with van der Waals surface area (Å²) in [5.74, 6) is 0.223. The smallest absolute Gasteiger partial charge is 0.225 e. The van der Waals surface area contributed by atoms with Crippen LogP contribution in [0.1, 0.15) is 18.9 Å². The quantitative estimate of drug-likeness (QED) is 0.415. The maximum atomic E-state index is 13.0. The van der Waals surface area contributed by atoms with Crippen molar-refractivity contribution in [1.82, 2.24) is 4.90 Å². The molecule has 1 radical (unpaired) electrons. The first-order chi connectivity index (χ1) is 16.6. The fraction of sp³-hybridized carbons (Fsp3) is 0.333. The second-order valence-corrected chi connectivity index (χ2v) is 9.26. The Morgan fingerprint density at radius 3 is 2.09 bits per heavy atom. The maximum absolute atomic E-state index is 13.0. The summed E-state index contributed by atoms with van der Waals surface area (Å²) in [6.45, 7) is 10.7. The number of ether oxygens (including phenoxy) is 1. The first-order valence-electron chi connectivity index (χ1n) is 12.2. The molecule has 1 saturated heterocycles. The number of carbonyl (C=O) groups is 1. The number of carbonyl (C=O) groups excluding carboxylic acids is 1. The SMILES string of the molecule is [CH2][C@@H](CC(C)COCc1ccccc1)C(=O)N1CCN(c2ccc(-c3ccccc3)cc2)CC1. The Hall–Kier alpha value is -3.11. The van der Waals surface area contributed by atoms with Crippen molar-refractivity contribution in [1.29, 1.82) is 0 Å². The summed E-state index contributed by atoms with van der Waals surface area (Å²) in [6, 6.07) is 29.3. The molecule has 0 aromatic heterocycles. The van der Waals surface area contributed by atoms with E-state index in [1.165, 1.54) is 22.4 Å². The molecule has 4 rings (SSSR count). The fourth-order valence-corrected chi connectivity index (χ4v) is 4.55. The number of piperazine rings is 1. The molecule has 1 heterocycles. The Morgan fingerprint density at radius 1 is 0.853 bits per heavy atom. The molecule has 0 saturated carbocycles. The van der Waals surface area contributed by atoms with Crippen molar-refractivity contribution in [2.45, 2.75) is 20.0 Å². The minimum Gasteiger partial charge on any atom is -0.376 e. The van der Waals surface area contributed by atoms with E-state index in [4.69, 9.17) is 4.74 Å². The molecule has 1 unspecified atom stereocenters. The lowest BCUT2D eigenvalue weighted by molar-refractivity contribution is -0.135. The van der Waals surface area contributed by atoms with Gasteiger partial charge in [0.05, 0.1) is 6.61 Å². The highest BCUT2D eigenvalue weighted by atomic mass is 16.5. The molecule has 1 aliphatic heterocycles. The van der Waals surface area contributed by atoms with Crippen LogP contribution in [0.3, 0.4) is 0 Å². The van der Waals surface area contributed by atoms with Gasteiger partial charge in [-0.3, -0.25) is 4.79 Å². The molecule has 4 nitrogen and oxygen atoms in total. The number of amides is 1. The summed E-state index contributed by atoms with van der Waals surface area (Å²) in [7, 11) is 0. The van der Waals surface area contributed by atoms with Crippen LogP contribution in [0.5, 0.6) is 0 Å². The number of hydrogen-bond acceptors (Lipinski definition) is 3. The van der Waals surface area contributed by atoms with Crippen LogP contribution in [-0.2, 0) is 16.1 Å². The van der Waals surface area contributed by atoms with Gasteiger partial charge in [-0.15, -0.1) is 0 Å². The number of nitrogens with zero attached hydrogens (tertiary/aromatic N) is 2. The maximum Gasteiger partial charge on any atom is 0.225 e. The monoisotopic (exact) mass is 455 g/mol. The van der Waals surface area contributed by atoms with Crippen molar-refractivity contribution in [2.24, 2.45) is 11.8 Å². The zero-order valence-electron chi connectivity index (χ0n) is 20.1. The van der Waals surface area contributed by atoms with E-state index in [9.17, 15) is 4.79 Å². The van der Waals surface area contributed by atoms with E-state index in [0.717, 1.165) is 32.6 Å². The van der Waals surface area contributed by atoms with Gasteiger partial charge in [0.25, 0.3) is 0 Å². The third-order valence-corrected chi connectivity index (χ3v) is 6.48. The molecule has 3 aromatic carbocycles. The van der Waals surface area contributed by atoms with Crippen molar-refractivity contribution in [3.05, 3.63) is 97.4 Å². The molecule has 1 aliphatic rings. The van der Waals surface area contributed by atoms with Crippen LogP contribution in [0.25, 0.3) is 11.1 Å². The molecule has 177 valence electrons.